The Morgan fingerprint density at radius 2 is 2.47 bits per heavy atom. The molecule has 1 aliphatic rings. The minimum absolute atomic E-state index is 0.532. The summed E-state index contributed by atoms with van der Waals surface area (Å²) in [5, 5.41) is 3.93. The molecule has 1 atom stereocenters. The van der Waals surface area contributed by atoms with E-state index < -0.39 is 0 Å². The van der Waals surface area contributed by atoms with Gasteiger partial charge < -0.3 is 10.2 Å². The molecule has 1 aliphatic heterocycles. The molecule has 0 aliphatic carbocycles. The van der Waals surface area contributed by atoms with Crippen LogP contribution in [0.5, 0.6) is 0 Å². The maximum atomic E-state index is 6.06. The maximum absolute atomic E-state index is 6.06. The quantitative estimate of drug-likeness (QED) is 0.826. The lowest BCUT2D eigenvalue weighted by molar-refractivity contribution is 0.447. The standard InChI is InChI=1S/C10H15ClN4/c1-12-8-3-2-4-15(6-8)10-9(11)5-13-7-14-10/h5,7-8,12H,2-4,6H2,1H3. The van der Waals surface area contributed by atoms with Gasteiger partial charge in [0.2, 0.25) is 0 Å². The van der Waals surface area contributed by atoms with E-state index in [9.17, 15) is 0 Å². The van der Waals surface area contributed by atoms with Gasteiger partial charge in [-0.2, -0.15) is 0 Å². The van der Waals surface area contributed by atoms with Gasteiger partial charge in [-0.1, -0.05) is 11.6 Å². The van der Waals surface area contributed by atoms with Crippen molar-refractivity contribution in [2.24, 2.45) is 0 Å². The number of hydrogen-bond acceptors (Lipinski definition) is 4. The van der Waals surface area contributed by atoms with E-state index in [-0.39, 0.29) is 0 Å². The molecule has 0 radical (unpaired) electrons. The summed E-state index contributed by atoms with van der Waals surface area (Å²) in [6.45, 7) is 1.99. The van der Waals surface area contributed by atoms with Crippen LogP contribution in [0.15, 0.2) is 12.5 Å². The zero-order chi connectivity index (χ0) is 10.7. The highest BCUT2D eigenvalue weighted by atomic mass is 35.5. The second kappa shape index (κ2) is 4.77. The molecule has 1 N–H and O–H groups in total. The summed E-state index contributed by atoms with van der Waals surface area (Å²) >= 11 is 6.06. The van der Waals surface area contributed by atoms with E-state index in [2.05, 4.69) is 20.2 Å². The van der Waals surface area contributed by atoms with E-state index in [0.717, 1.165) is 18.9 Å². The Kier molecular flexibility index (Phi) is 3.38. The van der Waals surface area contributed by atoms with Crippen LogP contribution in [0.2, 0.25) is 5.02 Å². The van der Waals surface area contributed by atoms with Crippen LogP contribution in [0, 0.1) is 0 Å². The van der Waals surface area contributed by atoms with Crippen molar-refractivity contribution in [2.75, 3.05) is 25.0 Å². The predicted molar refractivity (Wildman–Crippen MR) is 61.3 cm³/mol. The van der Waals surface area contributed by atoms with Gasteiger partial charge in [0.05, 0.1) is 6.20 Å². The summed E-state index contributed by atoms with van der Waals surface area (Å²) < 4.78 is 0. The predicted octanol–water partition coefficient (Wildman–Crippen LogP) is 1.32. The number of nitrogens with zero attached hydrogens (tertiary/aromatic N) is 3. The normalized spacial score (nSPS) is 21.7. The second-order valence-corrected chi connectivity index (χ2v) is 4.18. The molecule has 1 unspecified atom stereocenters. The average molecular weight is 227 g/mol. The van der Waals surface area contributed by atoms with Gasteiger partial charge in [-0.15, -0.1) is 0 Å². The van der Waals surface area contributed by atoms with Crippen LogP contribution in [0.1, 0.15) is 12.8 Å². The molecule has 0 bridgehead atoms. The molecule has 0 amide bonds. The van der Waals surface area contributed by atoms with Crippen LogP contribution in [0.25, 0.3) is 0 Å². The van der Waals surface area contributed by atoms with Gasteiger partial charge in [0.1, 0.15) is 11.3 Å². The number of nitrogens with one attached hydrogen (secondary N) is 1. The topological polar surface area (TPSA) is 41.0 Å². The van der Waals surface area contributed by atoms with Gasteiger partial charge in [0.25, 0.3) is 0 Å². The van der Waals surface area contributed by atoms with Crippen molar-refractivity contribution in [3.05, 3.63) is 17.5 Å². The van der Waals surface area contributed by atoms with Gasteiger partial charge in [0.15, 0.2) is 5.82 Å². The molecular weight excluding hydrogens is 212 g/mol. The zero-order valence-electron chi connectivity index (χ0n) is 8.78. The van der Waals surface area contributed by atoms with E-state index in [0.29, 0.717) is 11.1 Å². The Morgan fingerprint density at radius 3 is 3.20 bits per heavy atom. The largest absolute Gasteiger partial charge is 0.354 e. The Bertz CT molecular complexity index is 331. The number of rotatable bonds is 2. The van der Waals surface area contributed by atoms with Crippen molar-refractivity contribution in [3.8, 4) is 0 Å². The molecule has 1 fully saturated rings. The third kappa shape index (κ3) is 2.38. The van der Waals surface area contributed by atoms with Gasteiger partial charge in [0, 0.05) is 19.1 Å². The Hall–Kier alpha value is -0.870. The summed E-state index contributed by atoms with van der Waals surface area (Å²) in [6.07, 6.45) is 5.58. The molecule has 4 nitrogen and oxygen atoms in total. The SMILES string of the molecule is CNC1CCCN(c2ncncc2Cl)C1. The maximum Gasteiger partial charge on any atom is 0.150 e. The fourth-order valence-corrected chi connectivity index (χ4v) is 2.17. The molecule has 0 saturated carbocycles. The number of anilines is 1. The van der Waals surface area contributed by atoms with Gasteiger partial charge in [-0.3, -0.25) is 0 Å². The van der Waals surface area contributed by atoms with Gasteiger partial charge in [-0.25, -0.2) is 9.97 Å². The molecule has 82 valence electrons. The minimum atomic E-state index is 0.532. The van der Waals surface area contributed by atoms with Gasteiger partial charge in [-0.05, 0) is 19.9 Å². The third-order valence-corrected chi connectivity index (χ3v) is 3.04. The van der Waals surface area contributed by atoms with Crippen molar-refractivity contribution >= 4 is 17.4 Å². The fraction of sp³-hybridized carbons (Fsp3) is 0.600. The highest BCUT2D eigenvalue weighted by Crippen LogP contribution is 2.24. The van der Waals surface area contributed by atoms with Crippen molar-refractivity contribution < 1.29 is 0 Å². The van der Waals surface area contributed by atoms with Crippen LogP contribution < -0.4 is 10.2 Å². The molecule has 15 heavy (non-hydrogen) atoms. The molecule has 1 saturated heterocycles. The summed E-state index contributed by atoms with van der Waals surface area (Å²) in [5.41, 5.74) is 0. The molecule has 1 aromatic heterocycles. The van der Waals surface area contributed by atoms with Crippen molar-refractivity contribution in [3.63, 3.8) is 0 Å². The van der Waals surface area contributed by atoms with Crippen molar-refractivity contribution in [1.82, 2.24) is 15.3 Å². The van der Waals surface area contributed by atoms with E-state index in [1.54, 1.807) is 12.5 Å². The fourth-order valence-electron chi connectivity index (χ4n) is 1.94. The zero-order valence-corrected chi connectivity index (χ0v) is 9.54. The molecule has 2 rings (SSSR count). The van der Waals surface area contributed by atoms with Crippen LogP contribution >= 0.6 is 11.6 Å². The first kappa shape index (κ1) is 10.6. The van der Waals surface area contributed by atoms with Crippen LogP contribution in [-0.4, -0.2) is 36.1 Å². The Morgan fingerprint density at radius 1 is 1.60 bits per heavy atom. The Labute approximate surface area is 94.7 Å². The number of halogens is 1. The lowest BCUT2D eigenvalue weighted by Gasteiger charge is -2.33. The van der Waals surface area contributed by atoms with Crippen molar-refractivity contribution in [1.29, 1.82) is 0 Å². The first-order valence-corrected chi connectivity index (χ1v) is 5.57. The van der Waals surface area contributed by atoms with Crippen LogP contribution in [0.4, 0.5) is 5.82 Å². The number of aromatic nitrogens is 2. The minimum Gasteiger partial charge on any atom is -0.354 e. The molecule has 5 heteroatoms. The first-order chi connectivity index (χ1) is 7.31. The third-order valence-electron chi connectivity index (χ3n) is 2.78. The Balaban J connectivity index is 2.13. The summed E-state index contributed by atoms with van der Waals surface area (Å²) in [5.74, 6) is 0.853. The second-order valence-electron chi connectivity index (χ2n) is 3.77. The monoisotopic (exact) mass is 226 g/mol. The lowest BCUT2D eigenvalue weighted by atomic mass is 10.1. The van der Waals surface area contributed by atoms with E-state index >= 15 is 0 Å². The lowest BCUT2D eigenvalue weighted by Crippen LogP contribution is -2.44. The number of hydrogen-bond donors (Lipinski definition) is 1. The molecule has 2 heterocycles. The van der Waals surface area contributed by atoms with Crippen molar-refractivity contribution in [2.45, 2.75) is 18.9 Å². The highest BCUT2D eigenvalue weighted by Gasteiger charge is 2.20. The van der Waals surface area contributed by atoms with Crippen LogP contribution in [-0.2, 0) is 0 Å². The smallest absolute Gasteiger partial charge is 0.150 e. The molecule has 0 spiro atoms. The molecular formula is C10H15ClN4. The molecule has 0 aromatic carbocycles. The van der Waals surface area contributed by atoms with E-state index in [1.165, 1.54) is 12.8 Å². The van der Waals surface area contributed by atoms with Gasteiger partial charge >= 0.3 is 0 Å². The first-order valence-electron chi connectivity index (χ1n) is 5.19. The number of piperidine rings is 1. The summed E-state index contributed by atoms with van der Waals surface area (Å²) in [6, 6.07) is 0.532. The summed E-state index contributed by atoms with van der Waals surface area (Å²) in [4.78, 5) is 10.3. The van der Waals surface area contributed by atoms with E-state index in [1.807, 2.05) is 7.05 Å². The molecule has 1 aromatic rings. The highest BCUT2D eigenvalue weighted by molar-refractivity contribution is 6.32. The summed E-state index contributed by atoms with van der Waals surface area (Å²) in [7, 11) is 2.00. The van der Waals surface area contributed by atoms with E-state index in [4.69, 9.17) is 11.6 Å². The average Bonchev–Trinajstić information content (AvgIpc) is 2.30. The number of likely N-dealkylation sites (N-methyl/N-ethyl adjacent to an activating group) is 1. The van der Waals surface area contributed by atoms with Crippen LogP contribution in [0.3, 0.4) is 0 Å².